The van der Waals surface area contributed by atoms with E-state index in [1.54, 1.807) is 34.3 Å². The van der Waals surface area contributed by atoms with Crippen molar-refractivity contribution in [3.63, 3.8) is 0 Å². The number of hydrogen-bond donors (Lipinski definition) is 3. The Morgan fingerprint density at radius 2 is 1.52 bits per heavy atom. The first-order valence-electron chi connectivity index (χ1n) is 23.1. The van der Waals surface area contributed by atoms with E-state index in [1.807, 2.05) is 45.9 Å². The summed E-state index contributed by atoms with van der Waals surface area (Å²) < 4.78 is 69.7. The average Bonchev–Trinajstić information content (AvgIpc) is 3.57. The third-order valence-electron chi connectivity index (χ3n) is 14.7. The monoisotopic (exact) mass is 891 g/mol. The minimum atomic E-state index is -1.74. The van der Waals surface area contributed by atoms with E-state index in [9.17, 15) is 20.1 Å². The van der Waals surface area contributed by atoms with Crippen molar-refractivity contribution in [1.29, 1.82) is 0 Å². The van der Waals surface area contributed by atoms with Crippen LogP contribution in [-0.4, -0.2) is 153 Å². The van der Waals surface area contributed by atoms with Crippen LogP contribution in [0.2, 0.25) is 0 Å². The van der Waals surface area contributed by atoms with Crippen LogP contribution in [0.4, 0.5) is 0 Å². The number of carbonyl (C=O) groups is 1. The molecule has 0 amide bonds. The molecule has 63 heavy (non-hydrogen) atoms. The number of aliphatic hydroxyl groups is 3. The standard InChI is InChI=1S/C48H74O15/c1-24(2)41-28(6)35(49)22-47(63-41)21-33-18-32(62-47)16-15-26(4)42(60-39-20-37(54-10)44(30(8)58-39)61-38-19-36(53-9)40(50)29(7)57-38)25(3)13-12-14-31-23-56-45-43(55-11)27(5)17-34(46(51)59-33)48(31,45)52/h12-15,17,24-25,28-30,32-45,49-50,52H,16,18-23H2,1-11H3/b13-12+,26-15+,31-14+/t25-,28-,29-,30-,32-,33-,34-,35+,36-,37-,38-,39-,40-,41+,42+,43+,44-,45-,47+,48-/m0/s1. The number of rotatable bonds is 8. The molecule has 7 rings (SSSR count). The lowest BCUT2D eigenvalue weighted by Crippen LogP contribution is -2.60. The predicted molar refractivity (Wildman–Crippen MR) is 229 cm³/mol. The van der Waals surface area contributed by atoms with E-state index in [-0.39, 0.29) is 49.4 Å². The van der Waals surface area contributed by atoms with Gasteiger partial charge in [-0.15, -0.1) is 0 Å². The first-order chi connectivity index (χ1) is 29.9. The Hall–Kier alpha value is -2.09. The molecule has 2 bridgehead atoms. The van der Waals surface area contributed by atoms with Gasteiger partial charge in [0.2, 0.25) is 0 Å². The van der Waals surface area contributed by atoms with Gasteiger partial charge in [0, 0.05) is 65.3 Å². The Bertz CT molecular complexity index is 1710. The van der Waals surface area contributed by atoms with Crippen LogP contribution in [0.5, 0.6) is 0 Å². The van der Waals surface area contributed by atoms with Gasteiger partial charge in [0.05, 0.1) is 55.4 Å². The Morgan fingerprint density at radius 1 is 0.825 bits per heavy atom. The fourth-order valence-corrected chi connectivity index (χ4v) is 11.1. The highest BCUT2D eigenvalue weighted by Crippen LogP contribution is 2.48. The minimum absolute atomic E-state index is 0.0967. The summed E-state index contributed by atoms with van der Waals surface area (Å²) >= 11 is 0. The van der Waals surface area contributed by atoms with Gasteiger partial charge in [-0.2, -0.15) is 0 Å². The van der Waals surface area contributed by atoms with Gasteiger partial charge < -0.3 is 67.4 Å². The molecule has 15 nitrogen and oxygen atoms in total. The van der Waals surface area contributed by atoms with Crippen LogP contribution in [-0.2, 0) is 56.9 Å². The molecule has 3 N–H and O–H groups in total. The highest BCUT2D eigenvalue weighted by atomic mass is 16.7. The maximum Gasteiger partial charge on any atom is 0.316 e. The fourth-order valence-electron chi connectivity index (χ4n) is 11.1. The summed E-state index contributed by atoms with van der Waals surface area (Å²) in [6, 6.07) is 0. The van der Waals surface area contributed by atoms with E-state index in [0.29, 0.717) is 31.3 Å². The lowest BCUT2D eigenvalue weighted by atomic mass is 9.70. The number of carbonyl (C=O) groups excluding carboxylic acids is 1. The molecule has 5 saturated heterocycles. The van der Waals surface area contributed by atoms with Crippen LogP contribution in [0.25, 0.3) is 0 Å². The first-order valence-corrected chi connectivity index (χ1v) is 23.1. The zero-order valence-corrected chi connectivity index (χ0v) is 39.0. The summed E-state index contributed by atoms with van der Waals surface area (Å²) in [6.07, 6.45) is 3.50. The van der Waals surface area contributed by atoms with Gasteiger partial charge in [0.15, 0.2) is 18.4 Å². The number of ether oxygens (including phenoxy) is 11. The Balaban J connectivity index is 1.19. The smallest absolute Gasteiger partial charge is 0.316 e. The second kappa shape index (κ2) is 20.0. The fraction of sp³-hybridized carbons (Fsp3) is 0.812. The number of allylic oxidation sites excluding steroid dienone is 2. The largest absolute Gasteiger partial charge is 0.462 e. The Kier molecular flexibility index (Phi) is 15.5. The molecule has 0 aromatic rings. The van der Waals surface area contributed by atoms with E-state index >= 15 is 0 Å². The molecule has 1 aliphatic carbocycles. The normalized spacial score (nSPS) is 49.6. The SMILES string of the molecule is CO[C@H]1C[C@H](O[C@H]2[C@H](C)O[C@@H](O[C@H]3/C(C)=C/C[C@H]4C[C@@H](C[C@@]5(C[C@@H](O)[C@H](C)[C@@H](C(C)C)O5)O4)OC(=O)[C@@H]4C=C(C)[C@@H](OC)[C@@H]5OC/C(=C\C=C\[C@@H]3C)[C@]45O)C[C@@H]2OC)O[C@@H](C)[C@@H]1O. The molecule has 0 aromatic carbocycles. The predicted octanol–water partition coefficient (Wildman–Crippen LogP) is 4.84. The van der Waals surface area contributed by atoms with Crippen LogP contribution in [0.3, 0.4) is 0 Å². The van der Waals surface area contributed by atoms with Crippen molar-refractivity contribution in [2.45, 2.75) is 197 Å². The molecular formula is C48H74O15. The van der Waals surface area contributed by atoms with Gasteiger partial charge in [0.25, 0.3) is 0 Å². The quantitative estimate of drug-likeness (QED) is 0.223. The first kappa shape index (κ1) is 48.8. The van der Waals surface area contributed by atoms with Crippen LogP contribution < -0.4 is 0 Å². The number of esters is 1. The molecular weight excluding hydrogens is 817 g/mol. The van der Waals surface area contributed by atoms with E-state index in [1.165, 1.54) is 0 Å². The third kappa shape index (κ3) is 9.98. The molecule has 0 radical (unpaired) electrons. The third-order valence-corrected chi connectivity index (χ3v) is 14.7. The molecule has 7 aliphatic rings. The van der Waals surface area contributed by atoms with Crippen LogP contribution in [0, 0.1) is 23.7 Å². The summed E-state index contributed by atoms with van der Waals surface area (Å²) in [7, 11) is 4.79. The lowest BCUT2D eigenvalue weighted by Gasteiger charge is -2.52. The van der Waals surface area contributed by atoms with E-state index in [2.05, 4.69) is 26.8 Å². The molecule has 5 fully saturated rings. The maximum absolute atomic E-state index is 14.5. The lowest BCUT2D eigenvalue weighted by molar-refractivity contribution is -0.353. The molecule has 15 heteroatoms. The van der Waals surface area contributed by atoms with Gasteiger partial charge in [0.1, 0.15) is 42.0 Å². The molecule has 0 unspecified atom stereocenters. The van der Waals surface area contributed by atoms with Crippen molar-refractivity contribution in [3.05, 3.63) is 47.1 Å². The minimum Gasteiger partial charge on any atom is -0.462 e. The van der Waals surface area contributed by atoms with Gasteiger partial charge in [-0.25, -0.2) is 0 Å². The highest BCUT2D eigenvalue weighted by molar-refractivity contribution is 5.78. The zero-order valence-electron chi connectivity index (χ0n) is 39.0. The summed E-state index contributed by atoms with van der Waals surface area (Å²) in [5, 5.41) is 34.7. The Labute approximate surface area is 373 Å². The molecule has 1 spiro atoms. The second-order valence-electron chi connectivity index (χ2n) is 19.5. The Morgan fingerprint density at radius 3 is 2.22 bits per heavy atom. The number of hydrogen-bond acceptors (Lipinski definition) is 15. The molecule has 356 valence electrons. The van der Waals surface area contributed by atoms with Crippen LogP contribution in [0.15, 0.2) is 47.1 Å². The number of fused-ring (bicyclic) bond motifs is 2. The summed E-state index contributed by atoms with van der Waals surface area (Å²) in [5.41, 5.74) is 0.511. The van der Waals surface area contributed by atoms with Gasteiger partial charge in [-0.05, 0) is 56.8 Å². The maximum atomic E-state index is 14.5. The highest BCUT2D eigenvalue weighted by Gasteiger charge is 2.61. The van der Waals surface area contributed by atoms with Gasteiger partial charge in [-0.1, -0.05) is 58.1 Å². The van der Waals surface area contributed by atoms with Gasteiger partial charge in [-0.3, -0.25) is 4.79 Å². The summed E-state index contributed by atoms with van der Waals surface area (Å²) in [6.45, 7) is 15.9. The number of methoxy groups -OCH3 is 3. The van der Waals surface area contributed by atoms with E-state index < -0.39 is 103 Å². The van der Waals surface area contributed by atoms with Crippen molar-refractivity contribution in [2.75, 3.05) is 27.9 Å². The summed E-state index contributed by atoms with van der Waals surface area (Å²) in [5.74, 6) is -3.03. The van der Waals surface area contributed by atoms with Crippen molar-refractivity contribution >= 4 is 5.97 Å². The molecule has 6 aliphatic heterocycles. The van der Waals surface area contributed by atoms with Crippen molar-refractivity contribution in [3.8, 4) is 0 Å². The topological polar surface area (TPSA) is 179 Å². The van der Waals surface area contributed by atoms with E-state index in [0.717, 1.165) is 11.1 Å². The van der Waals surface area contributed by atoms with E-state index in [4.69, 9.17) is 52.1 Å². The van der Waals surface area contributed by atoms with Crippen molar-refractivity contribution < 1.29 is 72.2 Å². The van der Waals surface area contributed by atoms with Crippen LogP contribution >= 0.6 is 0 Å². The van der Waals surface area contributed by atoms with Crippen molar-refractivity contribution in [2.24, 2.45) is 23.7 Å². The molecule has 20 atom stereocenters. The van der Waals surface area contributed by atoms with Gasteiger partial charge >= 0.3 is 5.97 Å². The van der Waals surface area contributed by atoms with Crippen molar-refractivity contribution in [1.82, 2.24) is 0 Å². The second-order valence-corrected chi connectivity index (χ2v) is 19.5. The molecule has 6 heterocycles. The van der Waals surface area contributed by atoms with Crippen LogP contribution in [0.1, 0.15) is 93.9 Å². The number of aliphatic hydroxyl groups excluding tert-OH is 2. The zero-order chi connectivity index (χ0) is 45.5. The average molecular weight is 891 g/mol. The molecule has 0 saturated carbocycles. The molecule has 0 aromatic heterocycles. The summed E-state index contributed by atoms with van der Waals surface area (Å²) in [4.78, 5) is 14.5.